The number of hydrogen-bond acceptors (Lipinski definition) is 5. The summed E-state index contributed by atoms with van der Waals surface area (Å²) in [6.07, 6.45) is 4.80. The van der Waals surface area contributed by atoms with Crippen molar-refractivity contribution in [3.63, 3.8) is 0 Å². The van der Waals surface area contributed by atoms with E-state index in [2.05, 4.69) is 53.3 Å². The highest BCUT2D eigenvalue weighted by Crippen LogP contribution is 2.24. The van der Waals surface area contributed by atoms with Crippen molar-refractivity contribution in [2.45, 2.75) is 32.2 Å². The number of anilines is 2. The average Bonchev–Trinajstić information content (AvgIpc) is 3.20. The third-order valence-electron chi connectivity index (χ3n) is 5.13. The van der Waals surface area contributed by atoms with Gasteiger partial charge in [0.25, 0.3) is 5.91 Å². The second-order valence-corrected chi connectivity index (χ2v) is 7.44. The molecule has 1 amide bonds. The number of pyridine rings is 1. The van der Waals surface area contributed by atoms with Gasteiger partial charge in [-0.05, 0) is 57.3 Å². The first-order chi connectivity index (χ1) is 13.6. The quantitative estimate of drug-likeness (QED) is 0.706. The molecule has 1 fully saturated rings. The van der Waals surface area contributed by atoms with Gasteiger partial charge in [0.05, 0.1) is 12.2 Å². The fraction of sp³-hybridized carbons (Fsp3) is 0.455. The van der Waals surface area contributed by atoms with Gasteiger partial charge >= 0.3 is 0 Å². The van der Waals surface area contributed by atoms with Crippen molar-refractivity contribution in [2.75, 3.05) is 44.0 Å². The normalized spacial score (nSPS) is 16.4. The highest BCUT2D eigenvalue weighted by molar-refractivity contribution is 6.04. The minimum Gasteiger partial charge on any atom is -0.478 e. The van der Waals surface area contributed by atoms with E-state index in [1.807, 2.05) is 12.1 Å². The second-order valence-electron chi connectivity index (χ2n) is 7.44. The Bertz CT molecular complexity index is 759. The van der Waals surface area contributed by atoms with E-state index in [-0.39, 0.29) is 5.91 Å². The first-order valence-electron chi connectivity index (χ1n) is 9.98. The van der Waals surface area contributed by atoms with E-state index in [4.69, 9.17) is 4.74 Å². The lowest BCUT2D eigenvalue weighted by atomic mass is 10.2. The molecule has 1 aromatic heterocycles. The molecule has 0 spiro atoms. The lowest BCUT2D eigenvalue weighted by molar-refractivity contribution is 0.102. The zero-order chi connectivity index (χ0) is 19.9. The van der Waals surface area contributed by atoms with Crippen LogP contribution in [0, 0.1) is 0 Å². The lowest BCUT2D eigenvalue weighted by Gasteiger charge is -2.22. The van der Waals surface area contributed by atoms with E-state index in [0.717, 1.165) is 31.6 Å². The molecule has 2 heterocycles. The number of nitrogens with one attached hydrogen (secondary N) is 1. The van der Waals surface area contributed by atoms with Gasteiger partial charge in [-0.1, -0.05) is 13.3 Å². The maximum Gasteiger partial charge on any atom is 0.257 e. The van der Waals surface area contributed by atoms with Crippen molar-refractivity contribution in [1.29, 1.82) is 0 Å². The minimum atomic E-state index is -0.172. The van der Waals surface area contributed by atoms with Crippen LogP contribution in [-0.4, -0.2) is 55.6 Å². The van der Waals surface area contributed by atoms with E-state index in [9.17, 15) is 4.79 Å². The highest BCUT2D eigenvalue weighted by Gasteiger charge is 2.23. The molecule has 1 aliphatic rings. The number of carbonyl (C=O) groups excluding carboxylic acids is 1. The summed E-state index contributed by atoms with van der Waals surface area (Å²) in [5, 5.41) is 2.93. The number of aromatic nitrogens is 1. The summed E-state index contributed by atoms with van der Waals surface area (Å²) in [4.78, 5) is 21.3. The molecular weight excluding hydrogens is 352 g/mol. The second kappa shape index (κ2) is 9.55. The van der Waals surface area contributed by atoms with Crippen LogP contribution >= 0.6 is 0 Å². The Morgan fingerprint density at radius 1 is 1.25 bits per heavy atom. The van der Waals surface area contributed by atoms with Crippen LogP contribution in [0.4, 0.5) is 11.4 Å². The molecule has 1 N–H and O–H groups in total. The summed E-state index contributed by atoms with van der Waals surface area (Å²) < 4.78 is 5.53. The number of amides is 1. The Balaban J connectivity index is 1.54. The van der Waals surface area contributed by atoms with E-state index < -0.39 is 0 Å². The van der Waals surface area contributed by atoms with Crippen LogP contribution < -0.4 is 15.0 Å². The van der Waals surface area contributed by atoms with Gasteiger partial charge in [0.1, 0.15) is 0 Å². The molecule has 3 rings (SSSR count). The Labute approximate surface area is 167 Å². The van der Waals surface area contributed by atoms with Crippen molar-refractivity contribution in [1.82, 2.24) is 9.88 Å². The Morgan fingerprint density at radius 2 is 2.04 bits per heavy atom. The highest BCUT2D eigenvalue weighted by atomic mass is 16.5. The third kappa shape index (κ3) is 5.23. The molecular formula is C22H30N4O2. The number of unbranched alkanes of at least 4 members (excludes halogenated alkanes) is 1. The van der Waals surface area contributed by atoms with Gasteiger partial charge in [-0.25, -0.2) is 4.98 Å². The van der Waals surface area contributed by atoms with Crippen molar-refractivity contribution in [3.05, 3.63) is 48.2 Å². The van der Waals surface area contributed by atoms with Crippen molar-refractivity contribution >= 4 is 17.3 Å². The molecule has 1 unspecified atom stereocenters. The molecule has 0 bridgehead atoms. The van der Waals surface area contributed by atoms with E-state index in [1.165, 1.54) is 12.1 Å². The minimum absolute atomic E-state index is 0.172. The van der Waals surface area contributed by atoms with Crippen LogP contribution in [0.5, 0.6) is 5.88 Å². The van der Waals surface area contributed by atoms with E-state index in [0.29, 0.717) is 24.1 Å². The van der Waals surface area contributed by atoms with Gasteiger partial charge in [-0.15, -0.1) is 0 Å². The third-order valence-corrected chi connectivity index (χ3v) is 5.13. The van der Waals surface area contributed by atoms with Crippen LogP contribution in [0.1, 0.15) is 36.5 Å². The maximum atomic E-state index is 12.4. The summed E-state index contributed by atoms with van der Waals surface area (Å²) in [6, 6.07) is 12.1. The maximum absolute atomic E-state index is 12.4. The van der Waals surface area contributed by atoms with Crippen LogP contribution in [0.3, 0.4) is 0 Å². The summed E-state index contributed by atoms with van der Waals surface area (Å²) in [6.45, 7) is 4.86. The summed E-state index contributed by atoms with van der Waals surface area (Å²) in [7, 11) is 4.26. The number of rotatable bonds is 8. The molecule has 0 aliphatic carbocycles. The predicted molar refractivity (Wildman–Crippen MR) is 113 cm³/mol. The van der Waals surface area contributed by atoms with Crippen LogP contribution in [-0.2, 0) is 0 Å². The standard InChI is InChI=1S/C22H30N4O2/c1-4-5-14-28-21-11-6-17(15-23-21)22(27)24-18-7-9-19(10-8-18)26-13-12-20(16-26)25(2)3/h6-11,15,20H,4-5,12-14,16H2,1-3H3,(H,24,27). The lowest BCUT2D eigenvalue weighted by Crippen LogP contribution is -2.31. The zero-order valence-corrected chi connectivity index (χ0v) is 17.0. The molecule has 28 heavy (non-hydrogen) atoms. The Kier molecular flexibility index (Phi) is 6.87. The fourth-order valence-electron chi connectivity index (χ4n) is 3.28. The van der Waals surface area contributed by atoms with E-state index >= 15 is 0 Å². The first kappa shape index (κ1) is 20.1. The molecule has 6 heteroatoms. The molecule has 2 aromatic rings. The van der Waals surface area contributed by atoms with Gasteiger partial charge < -0.3 is 19.9 Å². The van der Waals surface area contributed by atoms with Crippen LogP contribution in [0.15, 0.2) is 42.6 Å². The molecule has 1 aromatic carbocycles. The number of ether oxygens (including phenoxy) is 1. The summed E-state index contributed by atoms with van der Waals surface area (Å²) >= 11 is 0. The molecule has 6 nitrogen and oxygen atoms in total. The van der Waals surface area contributed by atoms with Crippen molar-refractivity contribution < 1.29 is 9.53 Å². The fourth-order valence-corrected chi connectivity index (χ4v) is 3.28. The van der Waals surface area contributed by atoms with Crippen molar-refractivity contribution in [3.8, 4) is 5.88 Å². The number of nitrogens with zero attached hydrogens (tertiary/aromatic N) is 3. The SMILES string of the molecule is CCCCOc1ccc(C(=O)Nc2ccc(N3CCC(N(C)C)C3)cc2)cn1. The predicted octanol–water partition coefficient (Wildman–Crippen LogP) is 3.65. The number of likely N-dealkylation sites (N-methyl/N-ethyl adjacent to an activating group) is 1. The van der Waals surface area contributed by atoms with Gasteiger partial charge in [0.15, 0.2) is 0 Å². The monoisotopic (exact) mass is 382 g/mol. The summed E-state index contributed by atoms with van der Waals surface area (Å²) in [5.74, 6) is 0.380. The summed E-state index contributed by atoms with van der Waals surface area (Å²) in [5.41, 5.74) is 2.48. The molecule has 0 radical (unpaired) electrons. The molecule has 1 saturated heterocycles. The van der Waals surface area contributed by atoms with Crippen LogP contribution in [0.2, 0.25) is 0 Å². The average molecular weight is 383 g/mol. The first-order valence-corrected chi connectivity index (χ1v) is 9.98. The van der Waals surface area contributed by atoms with Gasteiger partial charge in [0, 0.05) is 42.8 Å². The molecule has 150 valence electrons. The Morgan fingerprint density at radius 3 is 2.64 bits per heavy atom. The molecule has 1 atom stereocenters. The zero-order valence-electron chi connectivity index (χ0n) is 17.0. The molecule has 1 aliphatic heterocycles. The van der Waals surface area contributed by atoms with Gasteiger partial charge in [0.2, 0.25) is 5.88 Å². The topological polar surface area (TPSA) is 57.7 Å². The van der Waals surface area contributed by atoms with E-state index in [1.54, 1.807) is 18.3 Å². The van der Waals surface area contributed by atoms with Crippen LogP contribution in [0.25, 0.3) is 0 Å². The number of benzene rings is 1. The van der Waals surface area contributed by atoms with Gasteiger partial charge in [-0.2, -0.15) is 0 Å². The largest absolute Gasteiger partial charge is 0.478 e. The van der Waals surface area contributed by atoms with Gasteiger partial charge in [-0.3, -0.25) is 4.79 Å². The molecule has 0 saturated carbocycles. The number of carbonyl (C=O) groups is 1. The smallest absolute Gasteiger partial charge is 0.257 e. The number of hydrogen-bond donors (Lipinski definition) is 1. The Hall–Kier alpha value is -2.60. The van der Waals surface area contributed by atoms with Crippen molar-refractivity contribution in [2.24, 2.45) is 0 Å².